The van der Waals surface area contributed by atoms with Gasteiger partial charge in [-0.15, -0.1) is 0 Å². The first-order valence-corrected chi connectivity index (χ1v) is 6.76. The van der Waals surface area contributed by atoms with Crippen LogP contribution in [0.3, 0.4) is 0 Å². The summed E-state index contributed by atoms with van der Waals surface area (Å²) >= 11 is 5.80. The van der Waals surface area contributed by atoms with E-state index in [4.69, 9.17) is 30.9 Å². The van der Waals surface area contributed by atoms with E-state index in [1.165, 1.54) is 18.2 Å². The Morgan fingerprint density at radius 3 is 2.67 bits per heavy atom. The molecule has 2 N–H and O–H groups in total. The highest BCUT2D eigenvalue weighted by Gasteiger charge is 2.14. The molecular weight excluding hydrogens is 300 g/mol. The van der Waals surface area contributed by atoms with Gasteiger partial charge in [0.1, 0.15) is 24.0 Å². The van der Waals surface area contributed by atoms with Crippen molar-refractivity contribution in [3.8, 4) is 5.75 Å². The Hall–Kier alpha value is -1.34. The van der Waals surface area contributed by atoms with E-state index in [0.29, 0.717) is 11.6 Å². The summed E-state index contributed by atoms with van der Waals surface area (Å²) in [5.74, 6) is -1.01. The Balaban J connectivity index is 2.51. The standard InChI is InChI=1S/C14H19ClO6/c1-9(6-19-2)20-7-11(16)8-21-13-5-10(15)3-4-12(13)14(17)18/h3-5,9,11,16H,6-8H2,1-2H3,(H,17,18). The number of benzene rings is 1. The van der Waals surface area contributed by atoms with Gasteiger partial charge in [-0.25, -0.2) is 4.79 Å². The molecule has 0 fully saturated rings. The molecule has 0 aromatic heterocycles. The number of aromatic carboxylic acids is 1. The summed E-state index contributed by atoms with van der Waals surface area (Å²) in [5, 5.41) is 19.1. The van der Waals surface area contributed by atoms with Crippen molar-refractivity contribution in [3.63, 3.8) is 0 Å². The zero-order chi connectivity index (χ0) is 15.8. The molecule has 7 heteroatoms. The van der Waals surface area contributed by atoms with E-state index in [0.717, 1.165) is 0 Å². The van der Waals surface area contributed by atoms with Gasteiger partial charge in [0.05, 0.1) is 19.3 Å². The summed E-state index contributed by atoms with van der Waals surface area (Å²) in [4.78, 5) is 11.0. The largest absolute Gasteiger partial charge is 0.490 e. The molecule has 2 atom stereocenters. The molecule has 0 amide bonds. The quantitative estimate of drug-likeness (QED) is 0.722. The third kappa shape index (κ3) is 6.31. The number of hydrogen-bond acceptors (Lipinski definition) is 5. The minimum absolute atomic E-state index is 0.0136. The van der Waals surface area contributed by atoms with Gasteiger partial charge in [-0.3, -0.25) is 0 Å². The lowest BCUT2D eigenvalue weighted by molar-refractivity contribution is -0.0423. The van der Waals surface area contributed by atoms with Gasteiger partial charge in [-0.2, -0.15) is 0 Å². The number of methoxy groups -OCH3 is 1. The van der Waals surface area contributed by atoms with Gasteiger partial charge in [0.2, 0.25) is 0 Å². The van der Waals surface area contributed by atoms with Gasteiger partial charge < -0.3 is 24.4 Å². The Morgan fingerprint density at radius 2 is 2.05 bits per heavy atom. The highest BCUT2D eigenvalue weighted by Crippen LogP contribution is 2.23. The van der Waals surface area contributed by atoms with Crippen molar-refractivity contribution in [1.29, 1.82) is 0 Å². The highest BCUT2D eigenvalue weighted by molar-refractivity contribution is 6.30. The molecule has 0 saturated heterocycles. The number of carboxylic acid groups (broad SMARTS) is 1. The van der Waals surface area contributed by atoms with Gasteiger partial charge in [-0.1, -0.05) is 11.6 Å². The topological polar surface area (TPSA) is 85.2 Å². The molecule has 0 aliphatic rings. The average molecular weight is 319 g/mol. The SMILES string of the molecule is COCC(C)OCC(O)COc1cc(Cl)ccc1C(=O)O. The van der Waals surface area contributed by atoms with E-state index >= 15 is 0 Å². The lowest BCUT2D eigenvalue weighted by Gasteiger charge is -2.17. The van der Waals surface area contributed by atoms with E-state index in [1.807, 2.05) is 6.92 Å². The van der Waals surface area contributed by atoms with Crippen molar-refractivity contribution >= 4 is 17.6 Å². The molecule has 1 aromatic carbocycles. The van der Waals surface area contributed by atoms with Crippen LogP contribution in [0, 0.1) is 0 Å². The molecule has 0 radical (unpaired) electrons. The number of halogens is 1. The summed E-state index contributed by atoms with van der Waals surface area (Å²) in [6.45, 7) is 2.20. The third-order valence-electron chi connectivity index (χ3n) is 2.58. The van der Waals surface area contributed by atoms with Crippen LogP contribution in [0.2, 0.25) is 5.02 Å². The highest BCUT2D eigenvalue weighted by atomic mass is 35.5. The molecule has 1 rings (SSSR count). The molecule has 0 aliphatic heterocycles. The van der Waals surface area contributed by atoms with Crippen LogP contribution in [-0.4, -0.2) is 55.3 Å². The van der Waals surface area contributed by atoms with E-state index in [2.05, 4.69) is 0 Å². The van der Waals surface area contributed by atoms with Crippen LogP contribution in [0.15, 0.2) is 18.2 Å². The van der Waals surface area contributed by atoms with Gasteiger partial charge in [0.15, 0.2) is 0 Å². The first-order valence-electron chi connectivity index (χ1n) is 6.38. The molecule has 0 heterocycles. The van der Waals surface area contributed by atoms with Crippen LogP contribution in [0.25, 0.3) is 0 Å². The second-order valence-electron chi connectivity index (χ2n) is 4.51. The number of carbonyl (C=O) groups is 1. The summed E-state index contributed by atoms with van der Waals surface area (Å²) in [6.07, 6.45) is -1.03. The molecule has 2 unspecified atom stereocenters. The van der Waals surface area contributed by atoms with E-state index in [-0.39, 0.29) is 30.6 Å². The van der Waals surface area contributed by atoms with Crippen molar-refractivity contribution in [2.45, 2.75) is 19.1 Å². The number of hydrogen-bond donors (Lipinski definition) is 2. The van der Waals surface area contributed by atoms with Crippen LogP contribution in [0.5, 0.6) is 5.75 Å². The maximum Gasteiger partial charge on any atom is 0.339 e. The van der Waals surface area contributed by atoms with E-state index in [9.17, 15) is 9.90 Å². The molecular formula is C14H19ClO6. The zero-order valence-electron chi connectivity index (χ0n) is 11.9. The second kappa shape index (κ2) is 8.84. The molecule has 6 nitrogen and oxygen atoms in total. The lowest BCUT2D eigenvalue weighted by Crippen LogP contribution is -2.27. The molecule has 118 valence electrons. The fourth-order valence-electron chi connectivity index (χ4n) is 1.58. The first-order chi connectivity index (χ1) is 9.93. The second-order valence-corrected chi connectivity index (χ2v) is 4.95. The monoisotopic (exact) mass is 318 g/mol. The summed E-state index contributed by atoms with van der Waals surface area (Å²) in [7, 11) is 1.56. The minimum Gasteiger partial charge on any atom is -0.490 e. The van der Waals surface area contributed by atoms with Crippen molar-refractivity contribution in [3.05, 3.63) is 28.8 Å². The van der Waals surface area contributed by atoms with Crippen molar-refractivity contribution in [2.24, 2.45) is 0 Å². The number of aliphatic hydroxyl groups excluding tert-OH is 1. The van der Waals surface area contributed by atoms with Crippen LogP contribution in [0.4, 0.5) is 0 Å². The fourth-order valence-corrected chi connectivity index (χ4v) is 1.75. The first kappa shape index (κ1) is 17.7. The van der Waals surface area contributed by atoms with Crippen LogP contribution >= 0.6 is 11.6 Å². The number of rotatable bonds is 9. The molecule has 21 heavy (non-hydrogen) atoms. The maximum absolute atomic E-state index is 11.0. The predicted octanol–water partition coefficient (Wildman–Crippen LogP) is 1.83. The third-order valence-corrected chi connectivity index (χ3v) is 2.81. The average Bonchev–Trinajstić information content (AvgIpc) is 2.43. The van der Waals surface area contributed by atoms with Crippen LogP contribution in [-0.2, 0) is 9.47 Å². The lowest BCUT2D eigenvalue weighted by atomic mass is 10.2. The van der Waals surface area contributed by atoms with E-state index in [1.54, 1.807) is 7.11 Å². The Morgan fingerprint density at radius 1 is 1.33 bits per heavy atom. The smallest absolute Gasteiger partial charge is 0.339 e. The molecule has 0 saturated carbocycles. The zero-order valence-corrected chi connectivity index (χ0v) is 12.7. The minimum atomic E-state index is -1.12. The molecule has 1 aromatic rings. The van der Waals surface area contributed by atoms with Gasteiger partial charge in [0.25, 0.3) is 0 Å². The van der Waals surface area contributed by atoms with Crippen molar-refractivity contribution in [2.75, 3.05) is 26.9 Å². The Bertz CT molecular complexity index is 465. The molecule has 0 bridgehead atoms. The number of carboxylic acids is 1. The maximum atomic E-state index is 11.0. The summed E-state index contributed by atoms with van der Waals surface area (Å²) < 4.78 is 15.5. The molecule has 0 aliphatic carbocycles. The summed E-state index contributed by atoms with van der Waals surface area (Å²) in [5.41, 5.74) is -0.0136. The van der Waals surface area contributed by atoms with Gasteiger partial charge in [0, 0.05) is 12.1 Å². The summed E-state index contributed by atoms with van der Waals surface area (Å²) in [6, 6.07) is 4.21. The number of aliphatic hydroxyl groups is 1. The predicted molar refractivity (Wildman–Crippen MR) is 77.2 cm³/mol. The van der Waals surface area contributed by atoms with E-state index < -0.39 is 12.1 Å². The van der Waals surface area contributed by atoms with Crippen LogP contribution in [0.1, 0.15) is 17.3 Å². The Kier molecular flexibility index (Phi) is 7.45. The number of ether oxygens (including phenoxy) is 3. The normalized spacial score (nSPS) is 13.7. The van der Waals surface area contributed by atoms with Gasteiger partial charge >= 0.3 is 5.97 Å². The van der Waals surface area contributed by atoms with Gasteiger partial charge in [-0.05, 0) is 25.1 Å². The molecule has 0 spiro atoms. The Labute approximate surface area is 128 Å². The van der Waals surface area contributed by atoms with Crippen molar-refractivity contribution in [1.82, 2.24) is 0 Å². The van der Waals surface area contributed by atoms with Crippen LogP contribution < -0.4 is 4.74 Å². The fraction of sp³-hybridized carbons (Fsp3) is 0.500. The van der Waals surface area contributed by atoms with Crippen molar-refractivity contribution < 1.29 is 29.2 Å².